The molecule has 2 unspecified atom stereocenters. The third kappa shape index (κ3) is 7.10. The number of rotatable bonds is 2. The van der Waals surface area contributed by atoms with Crippen LogP contribution in [0.2, 0.25) is 0 Å². The third-order valence-corrected chi connectivity index (χ3v) is 2.85. The van der Waals surface area contributed by atoms with Crippen molar-refractivity contribution in [3.63, 3.8) is 0 Å². The Morgan fingerprint density at radius 1 is 1.52 bits per heavy atom. The monoisotopic (exact) mass is 320 g/mol. The normalized spacial score (nSPS) is 19.8. The largest absolute Gasteiger partial charge is 1.00 e. The van der Waals surface area contributed by atoms with E-state index in [-0.39, 0.29) is 68.9 Å². The van der Waals surface area contributed by atoms with Crippen LogP contribution in [0.1, 0.15) is 22.3 Å². The molecule has 2 atom stereocenters. The Hall–Kier alpha value is -0.154. The number of alkyl halides is 1. The topological polar surface area (TPSA) is 69.6 Å². The molecule has 7 heteroatoms. The maximum absolute atomic E-state index is 12.1. The summed E-state index contributed by atoms with van der Waals surface area (Å²) in [6.07, 6.45) is -0.00287. The second kappa shape index (κ2) is 10.6. The van der Waals surface area contributed by atoms with E-state index in [1.54, 1.807) is 31.2 Å². The Bertz CT molecular complexity index is 465. The SMILES string of the molecule is Cc1ccccc1C(=O)N(O)C=O.[CH2-]C1CC(F)CN1.[K+]. The van der Waals surface area contributed by atoms with Gasteiger partial charge in [0.2, 0.25) is 6.41 Å². The van der Waals surface area contributed by atoms with Crippen LogP contribution < -0.4 is 56.7 Å². The molecule has 5 nitrogen and oxygen atoms in total. The predicted octanol–water partition coefficient (Wildman–Crippen LogP) is -1.49. The number of nitrogens with one attached hydrogen (secondary N) is 1. The molecule has 0 saturated carbocycles. The molecule has 0 radical (unpaired) electrons. The molecule has 1 saturated heterocycles. The summed E-state index contributed by atoms with van der Waals surface area (Å²) in [4.78, 5) is 21.3. The van der Waals surface area contributed by atoms with Gasteiger partial charge in [-0.25, -0.2) is 4.39 Å². The molecule has 21 heavy (non-hydrogen) atoms. The first-order valence-corrected chi connectivity index (χ1v) is 6.19. The number of amides is 2. The molecule has 1 aromatic rings. The van der Waals surface area contributed by atoms with Gasteiger partial charge in [-0.05, 0) is 25.0 Å². The molecule has 0 bridgehead atoms. The van der Waals surface area contributed by atoms with Gasteiger partial charge in [0.05, 0.1) is 0 Å². The minimum atomic E-state index is -0.715. The molecule has 1 aliphatic heterocycles. The molecular formula is C14H18FKN2O3. The third-order valence-electron chi connectivity index (χ3n) is 2.85. The summed E-state index contributed by atoms with van der Waals surface area (Å²) in [6, 6.07) is 6.86. The molecule has 0 aliphatic carbocycles. The number of nitrogens with zero attached hydrogens (tertiary/aromatic N) is 1. The van der Waals surface area contributed by atoms with Crippen LogP contribution in [0, 0.1) is 13.8 Å². The molecular weight excluding hydrogens is 302 g/mol. The second-order valence-corrected chi connectivity index (χ2v) is 4.51. The summed E-state index contributed by atoms with van der Waals surface area (Å²) in [5, 5.41) is 11.7. The summed E-state index contributed by atoms with van der Waals surface area (Å²) in [7, 11) is 0. The molecule has 1 aliphatic rings. The van der Waals surface area contributed by atoms with Gasteiger partial charge in [-0.15, -0.1) is 6.04 Å². The van der Waals surface area contributed by atoms with Crippen molar-refractivity contribution in [1.29, 1.82) is 0 Å². The van der Waals surface area contributed by atoms with Crippen molar-refractivity contribution in [3.05, 3.63) is 42.3 Å². The molecule has 2 amide bonds. The van der Waals surface area contributed by atoms with E-state index >= 15 is 0 Å². The van der Waals surface area contributed by atoms with Crippen molar-refractivity contribution in [2.24, 2.45) is 0 Å². The quantitative estimate of drug-likeness (QED) is 0.229. The van der Waals surface area contributed by atoms with Crippen molar-refractivity contribution in [1.82, 2.24) is 10.4 Å². The van der Waals surface area contributed by atoms with Gasteiger partial charge in [-0.2, -0.15) is 5.06 Å². The Morgan fingerprint density at radius 3 is 2.52 bits per heavy atom. The molecule has 0 spiro atoms. The minimum Gasteiger partial charge on any atom is -0.341 e. The average Bonchev–Trinajstić information content (AvgIpc) is 2.82. The smallest absolute Gasteiger partial charge is 0.341 e. The predicted molar refractivity (Wildman–Crippen MR) is 71.9 cm³/mol. The van der Waals surface area contributed by atoms with Crippen molar-refractivity contribution < 1.29 is 70.6 Å². The van der Waals surface area contributed by atoms with Crippen LogP contribution in [0.15, 0.2) is 24.3 Å². The van der Waals surface area contributed by atoms with E-state index in [0.29, 0.717) is 24.1 Å². The van der Waals surface area contributed by atoms with Gasteiger partial charge in [0.25, 0.3) is 5.91 Å². The fraction of sp³-hybridized carbons (Fsp3) is 0.357. The molecule has 110 valence electrons. The number of hydroxylamine groups is 2. The van der Waals surface area contributed by atoms with Crippen molar-refractivity contribution >= 4 is 12.3 Å². The maximum Gasteiger partial charge on any atom is 1.00 e. The zero-order valence-electron chi connectivity index (χ0n) is 12.3. The van der Waals surface area contributed by atoms with Crippen LogP contribution in [0.25, 0.3) is 0 Å². The van der Waals surface area contributed by atoms with E-state index < -0.39 is 12.1 Å². The Kier molecular flexibility index (Phi) is 10.5. The van der Waals surface area contributed by atoms with Crippen LogP contribution in [0.3, 0.4) is 0 Å². The molecule has 1 aromatic carbocycles. The molecule has 1 heterocycles. The van der Waals surface area contributed by atoms with Gasteiger partial charge in [0, 0.05) is 12.1 Å². The Labute approximate surface area is 166 Å². The van der Waals surface area contributed by atoms with E-state index in [0.717, 1.165) is 0 Å². The van der Waals surface area contributed by atoms with Crippen LogP contribution >= 0.6 is 0 Å². The Morgan fingerprint density at radius 2 is 2.14 bits per heavy atom. The van der Waals surface area contributed by atoms with E-state index in [9.17, 15) is 14.0 Å². The maximum atomic E-state index is 12.1. The summed E-state index contributed by atoms with van der Waals surface area (Å²) in [5.74, 6) is -0.715. The van der Waals surface area contributed by atoms with Gasteiger partial charge in [-0.1, -0.05) is 18.2 Å². The van der Waals surface area contributed by atoms with Gasteiger partial charge in [0.15, 0.2) is 0 Å². The first-order valence-electron chi connectivity index (χ1n) is 6.19. The van der Waals surface area contributed by atoms with E-state index in [1.165, 1.54) is 0 Å². The summed E-state index contributed by atoms with van der Waals surface area (Å²) in [6.45, 7) is 5.86. The number of imide groups is 1. The molecule has 2 N–H and O–H groups in total. The number of hydrogen-bond acceptors (Lipinski definition) is 4. The number of carbonyl (C=O) groups is 2. The van der Waals surface area contributed by atoms with Crippen molar-refractivity contribution in [2.45, 2.75) is 25.6 Å². The number of aryl methyl sites for hydroxylation is 1. The van der Waals surface area contributed by atoms with E-state index in [1.807, 2.05) is 0 Å². The summed E-state index contributed by atoms with van der Waals surface area (Å²) >= 11 is 0. The van der Waals surface area contributed by atoms with Crippen LogP contribution in [-0.4, -0.2) is 41.3 Å². The first kappa shape index (κ1) is 20.8. The number of halogens is 1. The molecule has 1 fully saturated rings. The second-order valence-electron chi connectivity index (χ2n) is 4.51. The van der Waals surface area contributed by atoms with Gasteiger partial charge < -0.3 is 12.2 Å². The number of hydrogen-bond donors (Lipinski definition) is 2. The Balaban J connectivity index is 0.000000425. The van der Waals surface area contributed by atoms with Crippen molar-refractivity contribution in [3.8, 4) is 0 Å². The standard InChI is InChI=1S/C9H9NO3.C5H9FN.K/c1-7-4-2-3-5-8(7)9(12)10(13)6-11;1-4-2-5(6)3-7-4;/h2-6,13H,1H3;4-5,7H,1-3H2;/q;-1;+1. The molecule has 0 aromatic heterocycles. The van der Waals surface area contributed by atoms with Crippen LogP contribution in [0.5, 0.6) is 0 Å². The van der Waals surface area contributed by atoms with Gasteiger partial charge in [-0.3, -0.25) is 14.8 Å². The van der Waals surface area contributed by atoms with Gasteiger partial charge >= 0.3 is 51.4 Å². The summed E-state index contributed by atoms with van der Waals surface area (Å²) < 4.78 is 12.1. The number of carbonyl (C=O) groups excluding carboxylic acids is 2. The van der Waals surface area contributed by atoms with Gasteiger partial charge in [0.1, 0.15) is 6.17 Å². The van der Waals surface area contributed by atoms with Crippen LogP contribution in [0.4, 0.5) is 4.39 Å². The van der Waals surface area contributed by atoms with Crippen LogP contribution in [-0.2, 0) is 4.79 Å². The minimum absolute atomic E-state index is 0. The average molecular weight is 320 g/mol. The fourth-order valence-electron chi connectivity index (χ4n) is 1.75. The molecule has 2 rings (SSSR count). The fourth-order valence-corrected chi connectivity index (χ4v) is 1.75. The summed E-state index contributed by atoms with van der Waals surface area (Å²) in [5.41, 5.74) is 1.03. The zero-order chi connectivity index (χ0) is 15.1. The van der Waals surface area contributed by atoms with E-state index in [4.69, 9.17) is 5.21 Å². The first-order chi connectivity index (χ1) is 9.45. The number of benzene rings is 1. The zero-order valence-corrected chi connectivity index (χ0v) is 15.4. The van der Waals surface area contributed by atoms with Crippen molar-refractivity contribution in [2.75, 3.05) is 6.54 Å². The van der Waals surface area contributed by atoms with E-state index in [2.05, 4.69) is 12.2 Å².